The third-order valence-corrected chi connectivity index (χ3v) is 4.66. The van der Waals surface area contributed by atoms with Gasteiger partial charge in [-0.3, -0.25) is 9.88 Å². The molecule has 4 nitrogen and oxygen atoms in total. The van der Waals surface area contributed by atoms with E-state index < -0.39 is 0 Å². The monoisotopic (exact) mass is 298 g/mol. The Labute approximate surface area is 133 Å². The molecular weight excluding hydrogens is 272 g/mol. The van der Waals surface area contributed by atoms with E-state index in [1.165, 1.54) is 37.2 Å². The zero-order valence-corrected chi connectivity index (χ0v) is 13.7. The number of hydrogen-bond donors (Lipinski definition) is 0. The van der Waals surface area contributed by atoms with Crippen molar-refractivity contribution in [3.63, 3.8) is 0 Å². The number of imidazole rings is 1. The fourth-order valence-corrected chi connectivity index (χ4v) is 3.43. The fourth-order valence-electron chi connectivity index (χ4n) is 3.43. The molecule has 22 heavy (non-hydrogen) atoms. The van der Waals surface area contributed by atoms with Crippen LogP contribution in [-0.2, 0) is 13.0 Å². The molecule has 0 amide bonds. The summed E-state index contributed by atoms with van der Waals surface area (Å²) in [5, 5.41) is 0. The zero-order chi connectivity index (χ0) is 15.4. The minimum atomic E-state index is 0.482. The molecule has 0 N–H and O–H groups in total. The van der Waals surface area contributed by atoms with E-state index in [1.807, 2.05) is 18.6 Å². The van der Waals surface area contributed by atoms with Gasteiger partial charge in [0.25, 0.3) is 0 Å². The molecule has 0 spiro atoms. The van der Waals surface area contributed by atoms with E-state index >= 15 is 0 Å². The van der Waals surface area contributed by atoms with E-state index in [-0.39, 0.29) is 0 Å². The SMILES string of the molecule is CC(C)n1ccnc1CN1CCCC1CCc1ccncc1. The molecule has 1 aliphatic rings. The van der Waals surface area contributed by atoms with Crippen molar-refractivity contribution in [1.82, 2.24) is 19.4 Å². The summed E-state index contributed by atoms with van der Waals surface area (Å²) < 4.78 is 2.29. The van der Waals surface area contributed by atoms with Gasteiger partial charge in [0.15, 0.2) is 0 Å². The number of nitrogens with zero attached hydrogens (tertiary/aromatic N) is 4. The predicted octanol–water partition coefficient (Wildman–Crippen LogP) is 3.46. The van der Waals surface area contributed by atoms with Gasteiger partial charge in [-0.1, -0.05) is 0 Å². The van der Waals surface area contributed by atoms with Crippen LogP contribution >= 0.6 is 0 Å². The van der Waals surface area contributed by atoms with Crippen molar-refractivity contribution in [2.45, 2.75) is 58.2 Å². The maximum absolute atomic E-state index is 4.57. The normalized spacial score (nSPS) is 19.1. The average molecular weight is 298 g/mol. The first-order chi connectivity index (χ1) is 10.7. The number of aryl methyl sites for hydroxylation is 1. The minimum Gasteiger partial charge on any atom is -0.331 e. The van der Waals surface area contributed by atoms with Crippen molar-refractivity contribution in [3.8, 4) is 0 Å². The van der Waals surface area contributed by atoms with Crippen LogP contribution in [0.15, 0.2) is 36.9 Å². The van der Waals surface area contributed by atoms with Crippen molar-refractivity contribution in [1.29, 1.82) is 0 Å². The summed E-state index contributed by atoms with van der Waals surface area (Å²) in [5.74, 6) is 1.20. The van der Waals surface area contributed by atoms with Gasteiger partial charge in [0, 0.05) is 36.9 Å². The largest absolute Gasteiger partial charge is 0.331 e. The van der Waals surface area contributed by atoms with Crippen LogP contribution in [-0.4, -0.2) is 32.0 Å². The lowest BCUT2D eigenvalue weighted by Crippen LogP contribution is -2.30. The number of likely N-dealkylation sites (tertiary alicyclic amines) is 1. The molecule has 0 aliphatic carbocycles. The summed E-state index contributed by atoms with van der Waals surface area (Å²) in [4.78, 5) is 11.3. The van der Waals surface area contributed by atoms with Crippen LogP contribution in [0.25, 0.3) is 0 Å². The van der Waals surface area contributed by atoms with Crippen molar-refractivity contribution in [2.75, 3.05) is 6.54 Å². The standard InChI is InChI=1S/C18H26N4/c1-15(2)22-13-11-20-18(22)14-21-12-3-4-17(21)6-5-16-7-9-19-10-8-16/h7-11,13,15,17H,3-6,12,14H2,1-2H3. The highest BCUT2D eigenvalue weighted by molar-refractivity contribution is 5.10. The summed E-state index contributed by atoms with van der Waals surface area (Å²) in [7, 11) is 0. The lowest BCUT2D eigenvalue weighted by atomic mass is 10.0. The molecule has 1 aliphatic heterocycles. The van der Waals surface area contributed by atoms with E-state index in [4.69, 9.17) is 0 Å². The summed E-state index contributed by atoms with van der Waals surface area (Å²) in [6.45, 7) is 6.62. The number of aromatic nitrogens is 3. The minimum absolute atomic E-state index is 0.482. The molecule has 1 saturated heterocycles. The van der Waals surface area contributed by atoms with Gasteiger partial charge in [0.2, 0.25) is 0 Å². The molecule has 0 saturated carbocycles. The number of hydrogen-bond acceptors (Lipinski definition) is 3. The van der Waals surface area contributed by atoms with Gasteiger partial charge in [0.05, 0.1) is 6.54 Å². The van der Waals surface area contributed by atoms with E-state index in [0.29, 0.717) is 12.1 Å². The molecule has 0 bridgehead atoms. The Balaban J connectivity index is 1.60. The number of rotatable bonds is 6. The lowest BCUT2D eigenvalue weighted by molar-refractivity contribution is 0.225. The average Bonchev–Trinajstić information content (AvgIpc) is 3.16. The molecule has 1 fully saturated rings. The Morgan fingerprint density at radius 3 is 2.82 bits per heavy atom. The fraction of sp³-hybridized carbons (Fsp3) is 0.556. The highest BCUT2D eigenvalue weighted by Crippen LogP contribution is 2.24. The molecule has 1 unspecified atom stereocenters. The van der Waals surface area contributed by atoms with Gasteiger partial charge in [-0.2, -0.15) is 0 Å². The van der Waals surface area contributed by atoms with Crippen LogP contribution in [0.2, 0.25) is 0 Å². The Kier molecular flexibility index (Phi) is 4.88. The summed E-state index contributed by atoms with van der Waals surface area (Å²) in [6, 6.07) is 5.43. The first kappa shape index (κ1) is 15.2. The van der Waals surface area contributed by atoms with E-state index in [9.17, 15) is 0 Å². The highest BCUT2D eigenvalue weighted by Gasteiger charge is 2.25. The van der Waals surface area contributed by atoms with Crippen LogP contribution in [0.4, 0.5) is 0 Å². The second-order valence-corrected chi connectivity index (χ2v) is 6.51. The zero-order valence-electron chi connectivity index (χ0n) is 13.7. The third-order valence-electron chi connectivity index (χ3n) is 4.66. The Bertz CT molecular complexity index is 576. The second kappa shape index (κ2) is 7.05. The molecule has 118 valence electrons. The van der Waals surface area contributed by atoms with Crippen molar-refractivity contribution in [2.24, 2.45) is 0 Å². The maximum atomic E-state index is 4.57. The van der Waals surface area contributed by atoms with Crippen molar-refractivity contribution < 1.29 is 0 Å². The molecular formula is C18H26N4. The Morgan fingerprint density at radius 1 is 1.23 bits per heavy atom. The van der Waals surface area contributed by atoms with Gasteiger partial charge < -0.3 is 4.57 Å². The summed E-state index contributed by atoms with van der Waals surface area (Å²) in [5.41, 5.74) is 1.39. The van der Waals surface area contributed by atoms with Crippen LogP contribution < -0.4 is 0 Å². The smallest absolute Gasteiger partial charge is 0.123 e. The quantitative estimate of drug-likeness (QED) is 0.819. The molecule has 2 aromatic rings. The topological polar surface area (TPSA) is 34.0 Å². The lowest BCUT2D eigenvalue weighted by Gasteiger charge is -2.25. The third kappa shape index (κ3) is 3.55. The van der Waals surface area contributed by atoms with Gasteiger partial charge in [-0.15, -0.1) is 0 Å². The molecule has 1 atom stereocenters. The first-order valence-electron chi connectivity index (χ1n) is 8.38. The van der Waals surface area contributed by atoms with Gasteiger partial charge in [-0.05, 0) is 63.8 Å². The summed E-state index contributed by atoms with van der Waals surface area (Å²) in [6.07, 6.45) is 12.8. The predicted molar refractivity (Wildman–Crippen MR) is 88.6 cm³/mol. The van der Waals surface area contributed by atoms with Crippen molar-refractivity contribution >= 4 is 0 Å². The van der Waals surface area contributed by atoms with Crippen LogP contribution in [0.5, 0.6) is 0 Å². The van der Waals surface area contributed by atoms with Crippen molar-refractivity contribution in [3.05, 3.63) is 48.3 Å². The molecule has 0 aromatic carbocycles. The van der Waals surface area contributed by atoms with Crippen LogP contribution in [0.3, 0.4) is 0 Å². The summed E-state index contributed by atoms with van der Waals surface area (Å²) >= 11 is 0. The Morgan fingerprint density at radius 2 is 2.05 bits per heavy atom. The van der Waals surface area contributed by atoms with Crippen LogP contribution in [0.1, 0.15) is 50.5 Å². The van der Waals surface area contributed by atoms with Gasteiger partial charge >= 0.3 is 0 Å². The highest BCUT2D eigenvalue weighted by atomic mass is 15.2. The van der Waals surface area contributed by atoms with E-state index in [1.54, 1.807) is 0 Å². The molecule has 3 rings (SSSR count). The van der Waals surface area contributed by atoms with Gasteiger partial charge in [-0.25, -0.2) is 4.98 Å². The molecule has 2 aromatic heterocycles. The second-order valence-electron chi connectivity index (χ2n) is 6.51. The first-order valence-corrected chi connectivity index (χ1v) is 8.38. The molecule has 3 heterocycles. The molecule has 4 heteroatoms. The molecule has 0 radical (unpaired) electrons. The van der Waals surface area contributed by atoms with Gasteiger partial charge in [0.1, 0.15) is 5.82 Å². The Hall–Kier alpha value is -1.68. The van der Waals surface area contributed by atoms with E-state index in [2.05, 4.69) is 51.6 Å². The van der Waals surface area contributed by atoms with Crippen LogP contribution in [0, 0.1) is 0 Å². The number of pyridine rings is 1. The maximum Gasteiger partial charge on any atom is 0.123 e. The van der Waals surface area contributed by atoms with E-state index in [0.717, 1.165) is 13.0 Å².